The maximum Gasteiger partial charge on any atom is 0.309 e. The molecule has 4 N–H and O–H groups in total. The van der Waals surface area contributed by atoms with E-state index in [0.29, 0.717) is 12.8 Å². The highest BCUT2D eigenvalue weighted by atomic mass is 16.6. The number of allylic oxidation sites excluding steroid dienone is 3. The zero-order valence-electron chi connectivity index (χ0n) is 25.0. The predicted octanol–water partition coefficient (Wildman–Crippen LogP) is 4.25. The van der Waals surface area contributed by atoms with E-state index in [1.165, 1.54) is 6.92 Å². The average molecular weight is 553 g/mol. The molecule has 1 aliphatic rings. The van der Waals surface area contributed by atoms with Crippen LogP contribution in [0, 0.1) is 23.7 Å². The van der Waals surface area contributed by atoms with Crippen molar-refractivity contribution in [2.45, 2.75) is 124 Å². The van der Waals surface area contributed by atoms with Gasteiger partial charge in [-0.05, 0) is 68.9 Å². The van der Waals surface area contributed by atoms with Crippen molar-refractivity contribution in [3.63, 3.8) is 0 Å². The zero-order chi connectivity index (χ0) is 29.9. The third kappa shape index (κ3) is 12.0. The summed E-state index contributed by atoms with van der Waals surface area (Å²) in [7, 11) is 0. The summed E-state index contributed by atoms with van der Waals surface area (Å²) in [5, 5.41) is 42.1. The minimum Gasteiger partial charge on any atom is -0.457 e. The quantitative estimate of drug-likeness (QED) is 0.180. The number of cyclic esters (lactones) is 1. The van der Waals surface area contributed by atoms with E-state index in [4.69, 9.17) is 9.47 Å². The van der Waals surface area contributed by atoms with Gasteiger partial charge in [0.25, 0.3) is 0 Å². The lowest BCUT2D eigenvalue weighted by atomic mass is 9.82. The maximum atomic E-state index is 12.6. The van der Waals surface area contributed by atoms with Crippen molar-refractivity contribution >= 4 is 11.9 Å². The van der Waals surface area contributed by atoms with E-state index in [1.807, 2.05) is 59.8 Å². The molecule has 0 spiro atoms. The van der Waals surface area contributed by atoms with Gasteiger partial charge in [-0.3, -0.25) is 9.59 Å². The van der Waals surface area contributed by atoms with Crippen LogP contribution in [0.2, 0.25) is 0 Å². The van der Waals surface area contributed by atoms with Gasteiger partial charge in [-0.2, -0.15) is 0 Å². The lowest BCUT2D eigenvalue weighted by Gasteiger charge is -2.32. The molecular formula is C31H52O8. The molecule has 0 aromatic heterocycles. The summed E-state index contributed by atoms with van der Waals surface area (Å²) in [6.45, 7) is 14.4. The van der Waals surface area contributed by atoms with Crippen molar-refractivity contribution in [1.29, 1.82) is 0 Å². The van der Waals surface area contributed by atoms with Gasteiger partial charge in [0.1, 0.15) is 17.8 Å². The molecule has 0 aromatic rings. The summed E-state index contributed by atoms with van der Waals surface area (Å²) in [6.07, 6.45) is 6.85. The van der Waals surface area contributed by atoms with Crippen LogP contribution >= 0.6 is 0 Å². The summed E-state index contributed by atoms with van der Waals surface area (Å²) in [4.78, 5) is 24.3. The number of rotatable bonds is 10. The van der Waals surface area contributed by atoms with Crippen LogP contribution in [0.4, 0.5) is 0 Å². The molecule has 0 saturated carbocycles. The first-order valence-electron chi connectivity index (χ1n) is 14.3. The Kier molecular flexibility index (Phi) is 14.6. The SMILES string of the molecule is CCC(O)C(C)C(C)C(O)CC(C)/C=C/C=C(\C)C1OC(=O)CC(O)CCC(C)(O)C(OC(C)=O)/C=C\C1C. The van der Waals surface area contributed by atoms with E-state index in [1.54, 1.807) is 19.1 Å². The van der Waals surface area contributed by atoms with Gasteiger partial charge >= 0.3 is 11.9 Å². The van der Waals surface area contributed by atoms with Crippen molar-refractivity contribution < 1.29 is 39.5 Å². The second-order valence-electron chi connectivity index (χ2n) is 11.7. The first kappa shape index (κ1) is 35.0. The molecule has 10 atom stereocenters. The van der Waals surface area contributed by atoms with Crippen LogP contribution in [0.5, 0.6) is 0 Å². The summed E-state index contributed by atoms with van der Waals surface area (Å²) in [5.41, 5.74) is -0.639. The van der Waals surface area contributed by atoms with Gasteiger partial charge in [-0.1, -0.05) is 58.9 Å². The Labute approximate surface area is 234 Å². The Balaban J connectivity index is 3.07. The number of hydrogen-bond acceptors (Lipinski definition) is 8. The van der Waals surface area contributed by atoms with Crippen LogP contribution in [-0.2, 0) is 19.1 Å². The highest BCUT2D eigenvalue weighted by Gasteiger charge is 2.35. The van der Waals surface area contributed by atoms with E-state index >= 15 is 0 Å². The molecule has 0 aliphatic carbocycles. The second kappa shape index (κ2) is 16.3. The number of carbonyl (C=O) groups is 2. The summed E-state index contributed by atoms with van der Waals surface area (Å²) in [5.74, 6) is -1.33. The number of ether oxygens (including phenoxy) is 2. The number of aliphatic hydroxyl groups is 4. The molecule has 1 aliphatic heterocycles. The zero-order valence-corrected chi connectivity index (χ0v) is 25.0. The van der Waals surface area contributed by atoms with Gasteiger partial charge in [0.05, 0.1) is 24.7 Å². The maximum absolute atomic E-state index is 12.6. The van der Waals surface area contributed by atoms with Crippen LogP contribution in [-0.4, -0.2) is 68.5 Å². The Morgan fingerprint density at radius 1 is 1.18 bits per heavy atom. The predicted molar refractivity (Wildman–Crippen MR) is 152 cm³/mol. The molecule has 0 bridgehead atoms. The van der Waals surface area contributed by atoms with Crippen molar-refractivity contribution in [3.05, 3.63) is 36.0 Å². The van der Waals surface area contributed by atoms with E-state index in [-0.39, 0.29) is 42.9 Å². The van der Waals surface area contributed by atoms with Gasteiger partial charge in [0.15, 0.2) is 0 Å². The molecule has 0 saturated heterocycles. The normalized spacial score (nSPS) is 32.2. The molecule has 0 radical (unpaired) electrons. The molecule has 0 amide bonds. The molecular weight excluding hydrogens is 500 g/mol. The molecule has 224 valence electrons. The first-order chi connectivity index (χ1) is 18.1. The van der Waals surface area contributed by atoms with Gasteiger partial charge in [0.2, 0.25) is 0 Å². The fourth-order valence-electron chi connectivity index (χ4n) is 4.87. The second-order valence-corrected chi connectivity index (χ2v) is 11.7. The van der Waals surface area contributed by atoms with E-state index in [0.717, 1.165) is 5.57 Å². The Bertz CT molecular complexity index is 861. The minimum absolute atomic E-state index is 0.00342. The van der Waals surface area contributed by atoms with Crippen molar-refractivity contribution in [2.24, 2.45) is 23.7 Å². The number of aliphatic hydroxyl groups excluding tert-OH is 3. The standard InChI is InChI=1S/C31H52O8/c1-9-26(34)22(5)23(6)27(35)17-19(2)11-10-12-20(3)30-21(4)13-14-28(38-24(7)32)31(8,37)16-15-25(33)18-29(36)39-30/h10-14,19,21-23,25-28,30,33-35,37H,9,15-18H2,1-8H3/b11-10+,14-13-,20-12+. The fraction of sp³-hybridized carbons (Fsp3) is 0.742. The van der Waals surface area contributed by atoms with E-state index in [9.17, 15) is 30.0 Å². The fourth-order valence-corrected chi connectivity index (χ4v) is 4.87. The third-order valence-corrected chi connectivity index (χ3v) is 7.94. The summed E-state index contributed by atoms with van der Waals surface area (Å²) in [6, 6.07) is 0. The van der Waals surface area contributed by atoms with Crippen LogP contribution in [0.3, 0.4) is 0 Å². The Hall–Kier alpha value is -2.00. The summed E-state index contributed by atoms with van der Waals surface area (Å²) < 4.78 is 11.1. The van der Waals surface area contributed by atoms with Gasteiger partial charge in [-0.25, -0.2) is 0 Å². The van der Waals surface area contributed by atoms with E-state index in [2.05, 4.69) is 0 Å². The van der Waals surface area contributed by atoms with Crippen molar-refractivity contribution in [2.75, 3.05) is 0 Å². The third-order valence-electron chi connectivity index (χ3n) is 7.94. The van der Waals surface area contributed by atoms with Gasteiger partial charge in [-0.15, -0.1) is 0 Å². The van der Waals surface area contributed by atoms with Crippen molar-refractivity contribution in [1.82, 2.24) is 0 Å². The Morgan fingerprint density at radius 2 is 1.79 bits per heavy atom. The van der Waals surface area contributed by atoms with Crippen LogP contribution in [0.1, 0.15) is 87.5 Å². The van der Waals surface area contributed by atoms with Crippen LogP contribution < -0.4 is 0 Å². The van der Waals surface area contributed by atoms with Crippen LogP contribution in [0.25, 0.3) is 0 Å². The number of hydrogen-bond donors (Lipinski definition) is 4. The first-order valence-corrected chi connectivity index (χ1v) is 14.3. The highest BCUT2D eigenvalue weighted by molar-refractivity contribution is 5.70. The highest BCUT2D eigenvalue weighted by Crippen LogP contribution is 2.28. The minimum atomic E-state index is -1.42. The lowest BCUT2D eigenvalue weighted by Crippen LogP contribution is -2.42. The van der Waals surface area contributed by atoms with E-state index < -0.39 is 48.1 Å². The molecule has 8 nitrogen and oxygen atoms in total. The Morgan fingerprint density at radius 3 is 2.38 bits per heavy atom. The van der Waals surface area contributed by atoms with Gasteiger partial charge in [0, 0.05) is 12.8 Å². The molecule has 1 heterocycles. The number of carbonyl (C=O) groups excluding carboxylic acids is 2. The average Bonchev–Trinajstić information content (AvgIpc) is 2.85. The van der Waals surface area contributed by atoms with Crippen LogP contribution in [0.15, 0.2) is 36.0 Å². The topological polar surface area (TPSA) is 134 Å². The molecule has 0 aromatic carbocycles. The largest absolute Gasteiger partial charge is 0.457 e. The summed E-state index contributed by atoms with van der Waals surface area (Å²) >= 11 is 0. The molecule has 8 heteroatoms. The lowest BCUT2D eigenvalue weighted by molar-refractivity contribution is -0.157. The number of esters is 2. The smallest absolute Gasteiger partial charge is 0.309 e. The molecule has 10 unspecified atom stereocenters. The molecule has 1 rings (SSSR count). The van der Waals surface area contributed by atoms with Crippen molar-refractivity contribution in [3.8, 4) is 0 Å². The monoisotopic (exact) mass is 552 g/mol. The van der Waals surface area contributed by atoms with Gasteiger partial charge < -0.3 is 29.9 Å². The molecule has 0 fully saturated rings. The molecule has 39 heavy (non-hydrogen) atoms.